The topological polar surface area (TPSA) is 92.3 Å². The van der Waals surface area contributed by atoms with Gasteiger partial charge in [-0.3, -0.25) is 0 Å². The molecule has 0 spiro atoms. The van der Waals surface area contributed by atoms with Crippen LogP contribution in [-0.4, -0.2) is 126 Å². The molecule has 294 valence electrons. The zero-order chi connectivity index (χ0) is 35.5. The van der Waals surface area contributed by atoms with E-state index < -0.39 is 0 Å². The van der Waals surface area contributed by atoms with Crippen molar-refractivity contribution in [3.63, 3.8) is 0 Å². The second-order valence-electron chi connectivity index (χ2n) is 12.3. The largest absolute Gasteiger partial charge is 0.379 e. The quantitative estimate of drug-likeness (QED) is 0.0636. The van der Waals surface area contributed by atoms with Crippen molar-refractivity contribution >= 4 is 0 Å². The van der Waals surface area contributed by atoms with E-state index >= 15 is 0 Å². The van der Waals surface area contributed by atoms with Gasteiger partial charge in [0, 0.05) is 6.61 Å². The average molecular weight is 715 g/mol. The number of hydrogen-bond donors (Lipinski definition) is 0. The Morgan fingerprint density at radius 2 is 0.540 bits per heavy atom. The molecule has 0 aliphatic rings. The smallest absolute Gasteiger partial charge is 0.0718 e. The molecule has 0 N–H and O–H groups in total. The fraction of sp³-hybridized carbons (Fsp3) is 0.850. The van der Waals surface area contributed by atoms with Crippen molar-refractivity contribution in [2.45, 2.75) is 97.0 Å². The maximum atomic E-state index is 5.68. The van der Waals surface area contributed by atoms with Gasteiger partial charge < -0.3 is 47.4 Å². The summed E-state index contributed by atoms with van der Waals surface area (Å²) in [5.41, 5.74) is 1.16. The zero-order valence-corrected chi connectivity index (χ0v) is 31.8. The van der Waals surface area contributed by atoms with Crippen LogP contribution in [0.5, 0.6) is 0 Å². The van der Waals surface area contributed by atoms with E-state index in [1.54, 1.807) is 0 Å². The van der Waals surface area contributed by atoms with Gasteiger partial charge in [0.25, 0.3) is 0 Å². The molecule has 0 heterocycles. The molecule has 0 atom stereocenters. The highest BCUT2D eigenvalue weighted by molar-refractivity contribution is 5.13. The summed E-state index contributed by atoms with van der Waals surface area (Å²) in [6.07, 6.45) is 17.8. The normalized spacial score (nSPS) is 11.5. The molecule has 0 fully saturated rings. The van der Waals surface area contributed by atoms with Gasteiger partial charge in [-0.1, -0.05) is 114 Å². The fourth-order valence-electron chi connectivity index (χ4n) is 4.97. The lowest BCUT2D eigenvalue weighted by Gasteiger charge is -2.09. The third-order valence-electron chi connectivity index (χ3n) is 7.85. The van der Waals surface area contributed by atoms with Gasteiger partial charge in [0.05, 0.1) is 126 Å². The van der Waals surface area contributed by atoms with Crippen LogP contribution in [0.15, 0.2) is 30.3 Å². The minimum absolute atomic E-state index is 0.527. The molecule has 0 amide bonds. The second kappa shape index (κ2) is 42.2. The Kier molecular flexibility index (Phi) is 39.6. The van der Waals surface area contributed by atoms with E-state index in [0.717, 1.165) is 18.6 Å². The number of rotatable bonds is 43. The van der Waals surface area contributed by atoms with Crippen molar-refractivity contribution in [3.8, 4) is 0 Å². The molecule has 0 bridgehead atoms. The Labute approximate surface area is 305 Å². The van der Waals surface area contributed by atoms with E-state index in [-0.39, 0.29) is 0 Å². The number of hydrogen-bond acceptors (Lipinski definition) is 10. The summed E-state index contributed by atoms with van der Waals surface area (Å²) >= 11 is 0. The van der Waals surface area contributed by atoms with Crippen molar-refractivity contribution < 1.29 is 47.4 Å². The Hall–Kier alpha value is -1.18. The summed E-state index contributed by atoms with van der Waals surface area (Å²) in [6, 6.07) is 10.1. The van der Waals surface area contributed by atoms with E-state index in [1.165, 1.54) is 77.0 Å². The summed E-state index contributed by atoms with van der Waals surface area (Å²) in [5.74, 6) is 0. The van der Waals surface area contributed by atoms with E-state index in [2.05, 4.69) is 6.92 Å². The molecule has 1 aromatic rings. The molecule has 0 saturated carbocycles. The first-order valence-electron chi connectivity index (χ1n) is 19.7. The van der Waals surface area contributed by atoms with E-state index in [4.69, 9.17) is 47.4 Å². The molecular weight excluding hydrogens is 640 g/mol. The van der Waals surface area contributed by atoms with Gasteiger partial charge in [-0.15, -0.1) is 0 Å². The maximum absolute atomic E-state index is 5.68. The zero-order valence-electron chi connectivity index (χ0n) is 31.8. The van der Waals surface area contributed by atoms with Gasteiger partial charge in [0.2, 0.25) is 0 Å². The van der Waals surface area contributed by atoms with Crippen molar-refractivity contribution in [2.75, 3.05) is 126 Å². The summed E-state index contributed by atoms with van der Waals surface area (Å²) in [6.45, 7) is 13.7. The van der Waals surface area contributed by atoms with Crippen LogP contribution in [0.3, 0.4) is 0 Å². The third-order valence-corrected chi connectivity index (χ3v) is 7.85. The highest BCUT2D eigenvalue weighted by Crippen LogP contribution is 2.12. The fourth-order valence-corrected chi connectivity index (χ4v) is 4.97. The number of benzene rings is 1. The van der Waals surface area contributed by atoms with Gasteiger partial charge in [-0.25, -0.2) is 0 Å². The summed E-state index contributed by atoms with van der Waals surface area (Å²) < 4.78 is 55.4. The highest BCUT2D eigenvalue weighted by atomic mass is 16.6. The minimum atomic E-state index is 0.527. The lowest BCUT2D eigenvalue weighted by atomic mass is 10.0. The molecule has 50 heavy (non-hydrogen) atoms. The van der Waals surface area contributed by atoms with Crippen molar-refractivity contribution in [2.24, 2.45) is 0 Å². The van der Waals surface area contributed by atoms with Gasteiger partial charge in [-0.2, -0.15) is 0 Å². The molecule has 0 aliphatic carbocycles. The lowest BCUT2D eigenvalue weighted by Crippen LogP contribution is -2.15. The van der Waals surface area contributed by atoms with Crippen molar-refractivity contribution in [1.29, 1.82) is 0 Å². The summed E-state index contributed by atoms with van der Waals surface area (Å²) in [4.78, 5) is 0. The van der Waals surface area contributed by atoms with Crippen LogP contribution < -0.4 is 0 Å². The molecule has 0 aromatic heterocycles. The number of ether oxygens (including phenoxy) is 10. The third kappa shape index (κ3) is 38.1. The van der Waals surface area contributed by atoms with E-state index in [9.17, 15) is 0 Å². The predicted molar refractivity (Wildman–Crippen MR) is 199 cm³/mol. The maximum Gasteiger partial charge on any atom is 0.0718 e. The van der Waals surface area contributed by atoms with Crippen LogP contribution >= 0.6 is 0 Å². The molecule has 0 unspecified atom stereocenters. The van der Waals surface area contributed by atoms with Crippen LogP contribution in [0.2, 0.25) is 0 Å². The van der Waals surface area contributed by atoms with Crippen LogP contribution in [-0.2, 0) is 54.0 Å². The van der Waals surface area contributed by atoms with Gasteiger partial charge in [0.1, 0.15) is 0 Å². The van der Waals surface area contributed by atoms with Crippen LogP contribution in [0.1, 0.15) is 96.0 Å². The number of unbranched alkanes of at least 4 members (excludes halogenated alkanes) is 12. The molecule has 0 radical (unpaired) electrons. The van der Waals surface area contributed by atoms with Crippen molar-refractivity contribution in [1.82, 2.24) is 0 Å². The second-order valence-corrected chi connectivity index (χ2v) is 12.3. The molecule has 1 aromatic carbocycles. The first-order valence-corrected chi connectivity index (χ1v) is 19.7. The lowest BCUT2D eigenvalue weighted by molar-refractivity contribution is -0.0267. The molecule has 10 nitrogen and oxygen atoms in total. The first-order chi connectivity index (χ1) is 24.9. The molecule has 0 saturated heterocycles. The Bertz CT molecular complexity index is 742. The summed E-state index contributed by atoms with van der Waals surface area (Å²) in [5, 5.41) is 0. The van der Waals surface area contributed by atoms with Crippen molar-refractivity contribution in [3.05, 3.63) is 35.9 Å². The summed E-state index contributed by atoms with van der Waals surface area (Å²) in [7, 11) is 0. The first kappa shape index (κ1) is 46.8. The SMILES string of the molecule is CCCCCCCCCCCCCCCOCCOCCOCCOCCOCCOCCOCCOCCOCCOCc1ccccc1. The van der Waals surface area contributed by atoms with Gasteiger partial charge >= 0.3 is 0 Å². The van der Waals surface area contributed by atoms with Crippen LogP contribution in [0, 0.1) is 0 Å². The standard InChI is InChI=1S/C40H74O10/c1-2-3-4-5-6-7-8-9-10-11-12-13-17-20-41-21-22-42-23-24-43-25-26-44-27-28-45-29-30-46-31-32-47-33-34-48-35-36-49-37-38-50-39-40-18-15-14-16-19-40/h14-16,18-19H,2-13,17,20-39H2,1H3. The molecule has 0 aliphatic heterocycles. The van der Waals surface area contributed by atoms with E-state index in [1.807, 2.05) is 30.3 Å². The Morgan fingerprint density at radius 1 is 0.280 bits per heavy atom. The average Bonchev–Trinajstić information content (AvgIpc) is 3.14. The van der Waals surface area contributed by atoms with Crippen LogP contribution in [0.25, 0.3) is 0 Å². The Morgan fingerprint density at radius 3 is 0.860 bits per heavy atom. The van der Waals surface area contributed by atoms with E-state index in [0.29, 0.717) is 126 Å². The van der Waals surface area contributed by atoms with Gasteiger partial charge in [0.15, 0.2) is 0 Å². The molecule has 1 rings (SSSR count). The van der Waals surface area contributed by atoms with Crippen LogP contribution in [0.4, 0.5) is 0 Å². The molecule has 10 heteroatoms. The predicted octanol–water partition coefficient (Wildman–Crippen LogP) is 7.44. The van der Waals surface area contributed by atoms with Gasteiger partial charge in [-0.05, 0) is 12.0 Å². The Balaban J connectivity index is 1.60. The molecular formula is C40H74O10. The monoisotopic (exact) mass is 715 g/mol. The minimum Gasteiger partial charge on any atom is -0.379 e. The highest BCUT2D eigenvalue weighted by Gasteiger charge is 1.98.